The second-order valence-electron chi connectivity index (χ2n) is 6.65. The maximum Gasteiger partial charge on any atom is 0.251 e. The molecule has 6 heteroatoms. The third kappa shape index (κ3) is 3.75. The Labute approximate surface area is 148 Å². The molecule has 1 fully saturated rings. The maximum absolute atomic E-state index is 11.7. The first-order valence-corrected chi connectivity index (χ1v) is 8.62. The number of ether oxygens (including phenoxy) is 1. The van der Waals surface area contributed by atoms with Crippen LogP contribution in [0.4, 0.5) is 0 Å². The van der Waals surface area contributed by atoms with Crippen LogP contribution in [0.15, 0.2) is 24.3 Å². The number of carbonyl (C=O) groups is 1. The van der Waals surface area contributed by atoms with Crippen molar-refractivity contribution in [3.8, 4) is 0 Å². The SMILES string of the molecule is CNC(=O)c1ccc(CN2C[C@H](OC)C[C@H]2c2nc(C)c(C)[nH]2)cc1. The number of hydrogen-bond acceptors (Lipinski definition) is 4. The zero-order valence-electron chi connectivity index (χ0n) is 15.3. The zero-order valence-corrected chi connectivity index (χ0v) is 15.3. The lowest BCUT2D eigenvalue weighted by molar-refractivity contribution is 0.0963. The Morgan fingerprint density at radius 2 is 2.08 bits per heavy atom. The molecule has 3 rings (SSSR count). The van der Waals surface area contributed by atoms with E-state index in [1.54, 1.807) is 14.2 Å². The number of carbonyl (C=O) groups excluding carboxylic acids is 1. The number of hydrogen-bond donors (Lipinski definition) is 2. The normalized spacial score (nSPS) is 20.8. The van der Waals surface area contributed by atoms with Crippen LogP contribution in [0.3, 0.4) is 0 Å². The standard InChI is InChI=1S/C19H26N4O2/c1-12-13(2)22-18(21-12)17-9-16(25-4)11-23(17)10-14-5-7-15(8-6-14)19(24)20-3/h5-8,16-17H,9-11H2,1-4H3,(H,20,24)(H,21,22)/t16-,17+/m1/s1. The third-order valence-electron chi connectivity index (χ3n) is 4.99. The number of aromatic amines is 1. The molecule has 1 aromatic heterocycles. The number of nitrogens with zero attached hydrogens (tertiary/aromatic N) is 2. The molecule has 0 unspecified atom stereocenters. The average Bonchev–Trinajstić information content (AvgIpc) is 3.18. The van der Waals surface area contributed by atoms with Crippen LogP contribution in [-0.2, 0) is 11.3 Å². The smallest absolute Gasteiger partial charge is 0.251 e. The van der Waals surface area contributed by atoms with E-state index in [-0.39, 0.29) is 18.1 Å². The van der Waals surface area contributed by atoms with Crippen molar-refractivity contribution in [3.05, 3.63) is 52.6 Å². The number of methoxy groups -OCH3 is 1. The fraction of sp³-hybridized carbons (Fsp3) is 0.474. The molecule has 1 aliphatic heterocycles. The molecule has 2 N–H and O–H groups in total. The van der Waals surface area contributed by atoms with E-state index in [1.165, 1.54) is 5.56 Å². The van der Waals surface area contributed by atoms with Crippen LogP contribution >= 0.6 is 0 Å². The molecule has 0 saturated carbocycles. The van der Waals surface area contributed by atoms with Gasteiger partial charge in [0.25, 0.3) is 5.91 Å². The number of nitrogens with one attached hydrogen (secondary N) is 2. The highest BCUT2D eigenvalue weighted by molar-refractivity contribution is 5.93. The van der Waals surface area contributed by atoms with E-state index in [0.29, 0.717) is 5.56 Å². The van der Waals surface area contributed by atoms with Gasteiger partial charge in [-0.2, -0.15) is 0 Å². The van der Waals surface area contributed by atoms with Crippen LogP contribution in [-0.4, -0.2) is 47.6 Å². The molecule has 2 aromatic rings. The summed E-state index contributed by atoms with van der Waals surface area (Å²) < 4.78 is 5.60. The third-order valence-corrected chi connectivity index (χ3v) is 4.99. The number of rotatable bonds is 5. The van der Waals surface area contributed by atoms with Gasteiger partial charge >= 0.3 is 0 Å². The summed E-state index contributed by atoms with van der Waals surface area (Å²) in [6.45, 7) is 5.75. The van der Waals surface area contributed by atoms with Gasteiger partial charge in [0.15, 0.2) is 0 Å². The monoisotopic (exact) mass is 342 g/mol. The molecule has 0 aliphatic carbocycles. The number of benzene rings is 1. The van der Waals surface area contributed by atoms with E-state index in [0.717, 1.165) is 36.7 Å². The fourth-order valence-electron chi connectivity index (χ4n) is 3.36. The van der Waals surface area contributed by atoms with Gasteiger partial charge in [-0.05, 0) is 38.0 Å². The second-order valence-corrected chi connectivity index (χ2v) is 6.65. The van der Waals surface area contributed by atoms with Gasteiger partial charge in [-0.15, -0.1) is 0 Å². The van der Waals surface area contributed by atoms with Gasteiger partial charge < -0.3 is 15.0 Å². The number of H-pyrrole nitrogens is 1. The van der Waals surface area contributed by atoms with Crippen molar-refractivity contribution in [1.82, 2.24) is 20.2 Å². The fourth-order valence-corrected chi connectivity index (χ4v) is 3.36. The van der Waals surface area contributed by atoms with Crippen molar-refractivity contribution in [1.29, 1.82) is 0 Å². The molecule has 0 bridgehead atoms. The molecular formula is C19H26N4O2. The molecule has 1 aromatic carbocycles. The summed E-state index contributed by atoms with van der Waals surface area (Å²) in [6.07, 6.45) is 1.14. The van der Waals surface area contributed by atoms with Crippen molar-refractivity contribution in [2.24, 2.45) is 0 Å². The van der Waals surface area contributed by atoms with Crippen molar-refractivity contribution in [2.45, 2.75) is 39.0 Å². The first kappa shape index (κ1) is 17.6. The maximum atomic E-state index is 11.7. The Morgan fingerprint density at radius 3 is 2.64 bits per heavy atom. The Kier molecular flexibility index (Phi) is 5.20. The van der Waals surface area contributed by atoms with Gasteiger partial charge in [0.1, 0.15) is 5.82 Å². The van der Waals surface area contributed by atoms with Crippen molar-refractivity contribution < 1.29 is 9.53 Å². The van der Waals surface area contributed by atoms with Gasteiger partial charge in [0.2, 0.25) is 0 Å². The molecule has 1 aliphatic rings. The molecule has 134 valence electrons. The molecule has 0 radical (unpaired) electrons. The Balaban J connectivity index is 1.77. The van der Waals surface area contributed by atoms with E-state index in [4.69, 9.17) is 9.72 Å². The molecule has 1 saturated heterocycles. The quantitative estimate of drug-likeness (QED) is 0.875. The van der Waals surface area contributed by atoms with Gasteiger partial charge in [-0.25, -0.2) is 4.98 Å². The second kappa shape index (κ2) is 7.37. The Morgan fingerprint density at radius 1 is 1.36 bits per heavy atom. The van der Waals surface area contributed by atoms with E-state index in [9.17, 15) is 4.79 Å². The van der Waals surface area contributed by atoms with E-state index < -0.39 is 0 Å². The van der Waals surface area contributed by atoms with Crippen LogP contribution in [0.1, 0.15) is 45.6 Å². The van der Waals surface area contributed by atoms with Gasteiger partial charge in [-0.1, -0.05) is 12.1 Å². The highest BCUT2D eigenvalue weighted by Crippen LogP contribution is 2.33. The minimum absolute atomic E-state index is 0.0633. The average molecular weight is 342 g/mol. The summed E-state index contributed by atoms with van der Waals surface area (Å²) in [4.78, 5) is 22.2. The summed E-state index contributed by atoms with van der Waals surface area (Å²) in [6, 6.07) is 7.99. The number of aromatic nitrogens is 2. The lowest BCUT2D eigenvalue weighted by Crippen LogP contribution is -2.25. The summed E-state index contributed by atoms with van der Waals surface area (Å²) >= 11 is 0. The molecule has 25 heavy (non-hydrogen) atoms. The molecule has 2 atom stereocenters. The zero-order chi connectivity index (χ0) is 18.0. The van der Waals surface area contributed by atoms with E-state index in [2.05, 4.69) is 22.1 Å². The van der Waals surface area contributed by atoms with Crippen LogP contribution in [0.25, 0.3) is 0 Å². The van der Waals surface area contributed by atoms with E-state index in [1.807, 2.05) is 31.2 Å². The lowest BCUT2D eigenvalue weighted by atomic mass is 10.1. The van der Waals surface area contributed by atoms with Gasteiger partial charge in [0.05, 0.1) is 17.8 Å². The summed E-state index contributed by atoms with van der Waals surface area (Å²) in [7, 11) is 3.41. The largest absolute Gasteiger partial charge is 0.380 e. The van der Waals surface area contributed by atoms with Gasteiger partial charge in [-0.3, -0.25) is 9.69 Å². The van der Waals surface area contributed by atoms with Crippen molar-refractivity contribution in [3.63, 3.8) is 0 Å². The number of aryl methyl sites for hydroxylation is 2. The van der Waals surface area contributed by atoms with Crippen molar-refractivity contribution >= 4 is 5.91 Å². The van der Waals surface area contributed by atoms with Crippen LogP contribution in [0.2, 0.25) is 0 Å². The molecule has 0 spiro atoms. The first-order chi connectivity index (χ1) is 12.0. The minimum Gasteiger partial charge on any atom is -0.380 e. The predicted octanol–water partition coefficient (Wildman–Crippen LogP) is 2.35. The number of imidazole rings is 1. The lowest BCUT2D eigenvalue weighted by Gasteiger charge is -2.22. The summed E-state index contributed by atoms with van der Waals surface area (Å²) in [5.74, 6) is 0.947. The summed E-state index contributed by atoms with van der Waals surface area (Å²) in [5, 5.41) is 2.65. The van der Waals surface area contributed by atoms with Crippen LogP contribution in [0, 0.1) is 13.8 Å². The number of amides is 1. The molecular weight excluding hydrogens is 316 g/mol. The minimum atomic E-state index is -0.0633. The molecule has 6 nitrogen and oxygen atoms in total. The van der Waals surface area contributed by atoms with E-state index >= 15 is 0 Å². The highest BCUT2D eigenvalue weighted by Gasteiger charge is 2.35. The Hall–Kier alpha value is -2.18. The first-order valence-electron chi connectivity index (χ1n) is 8.62. The topological polar surface area (TPSA) is 70.2 Å². The van der Waals surface area contributed by atoms with Crippen LogP contribution < -0.4 is 5.32 Å². The predicted molar refractivity (Wildman–Crippen MR) is 96.5 cm³/mol. The summed E-state index contributed by atoms with van der Waals surface area (Å²) in [5.41, 5.74) is 4.02. The van der Waals surface area contributed by atoms with Crippen LogP contribution in [0.5, 0.6) is 0 Å². The molecule has 1 amide bonds. The van der Waals surface area contributed by atoms with Crippen molar-refractivity contribution in [2.75, 3.05) is 20.7 Å². The number of likely N-dealkylation sites (tertiary alicyclic amines) is 1. The highest BCUT2D eigenvalue weighted by atomic mass is 16.5. The van der Waals surface area contributed by atoms with Gasteiger partial charge in [0, 0.05) is 38.5 Å². The molecule has 2 heterocycles. The Bertz CT molecular complexity index is 719.